The number of aryl methyl sites for hydroxylation is 2. The van der Waals surface area contributed by atoms with E-state index < -0.39 is 0 Å². The molecule has 0 radical (unpaired) electrons. The number of pyridine rings is 3. The zero-order valence-corrected chi connectivity index (χ0v) is 10.4. The standard InChI is InChI=1S/C15H13N3/c1-10-3-6-17-13(7-10)15-11(2)8-12-4-5-16-9-14(12)18-15/h3-9H,1-2H3. The summed E-state index contributed by atoms with van der Waals surface area (Å²) in [7, 11) is 0. The second kappa shape index (κ2) is 4.18. The molecule has 0 aliphatic carbocycles. The lowest BCUT2D eigenvalue weighted by atomic mass is 10.1. The van der Waals surface area contributed by atoms with Crippen molar-refractivity contribution in [3.63, 3.8) is 0 Å². The van der Waals surface area contributed by atoms with E-state index in [0.29, 0.717) is 0 Å². The van der Waals surface area contributed by atoms with Crippen LogP contribution < -0.4 is 0 Å². The van der Waals surface area contributed by atoms with Gasteiger partial charge >= 0.3 is 0 Å². The van der Waals surface area contributed by atoms with Crippen LogP contribution in [0.5, 0.6) is 0 Å². The summed E-state index contributed by atoms with van der Waals surface area (Å²) < 4.78 is 0. The molecule has 0 aliphatic heterocycles. The molecule has 3 rings (SSSR count). The van der Waals surface area contributed by atoms with Crippen molar-refractivity contribution >= 4 is 10.9 Å². The summed E-state index contributed by atoms with van der Waals surface area (Å²) in [6.45, 7) is 4.12. The lowest BCUT2D eigenvalue weighted by Gasteiger charge is -2.07. The van der Waals surface area contributed by atoms with E-state index >= 15 is 0 Å². The van der Waals surface area contributed by atoms with Crippen molar-refractivity contribution in [3.05, 3.63) is 54.0 Å². The van der Waals surface area contributed by atoms with Crippen molar-refractivity contribution in [2.75, 3.05) is 0 Å². The second-order valence-corrected chi connectivity index (χ2v) is 4.44. The summed E-state index contributed by atoms with van der Waals surface area (Å²) in [5.74, 6) is 0. The molecule has 0 aliphatic rings. The first-order chi connectivity index (χ1) is 8.74. The molecule has 0 saturated heterocycles. The summed E-state index contributed by atoms with van der Waals surface area (Å²) in [6, 6.07) is 8.14. The zero-order valence-electron chi connectivity index (χ0n) is 10.4. The van der Waals surface area contributed by atoms with E-state index in [4.69, 9.17) is 0 Å². The van der Waals surface area contributed by atoms with Gasteiger partial charge in [0.25, 0.3) is 0 Å². The van der Waals surface area contributed by atoms with Gasteiger partial charge in [0.2, 0.25) is 0 Å². The Kier molecular flexibility index (Phi) is 2.52. The van der Waals surface area contributed by atoms with E-state index in [-0.39, 0.29) is 0 Å². The minimum absolute atomic E-state index is 0.904. The minimum Gasteiger partial charge on any atom is -0.262 e. The molecule has 0 unspecified atom stereocenters. The molecule has 0 bridgehead atoms. The fraction of sp³-hybridized carbons (Fsp3) is 0.133. The Balaban J connectivity index is 2.26. The summed E-state index contributed by atoms with van der Waals surface area (Å²) in [5, 5.41) is 1.11. The van der Waals surface area contributed by atoms with Crippen LogP contribution in [0.2, 0.25) is 0 Å². The Labute approximate surface area is 106 Å². The maximum Gasteiger partial charge on any atom is 0.0923 e. The van der Waals surface area contributed by atoms with E-state index in [1.54, 1.807) is 12.4 Å². The maximum absolute atomic E-state index is 4.66. The summed E-state index contributed by atoms with van der Waals surface area (Å²) in [6.07, 6.45) is 5.39. The molecule has 3 nitrogen and oxygen atoms in total. The lowest BCUT2D eigenvalue weighted by molar-refractivity contribution is 1.22. The highest BCUT2D eigenvalue weighted by Gasteiger charge is 2.07. The highest BCUT2D eigenvalue weighted by Crippen LogP contribution is 2.23. The first kappa shape index (κ1) is 10.8. The fourth-order valence-corrected chi connectivity index (χ4v) is 2.05. The first-order valence-electron chi connectivity index (χ1n) is 5.88. The molecule has 0 aromatic carbocycles. The molecular formula is C15H13N3. The molecule has 0 N–H and O–H groups in total. The second-order valence-electron chi connectivity index (χ2n) is 4.44. The van der Waals surface area contributed by atoms with E-state index in [2.05, 4.69) is 40.9 Å². The minimum atomic E-state index is 0.904. The van der Waals surface area contributed by atoms with Crippen LogP contribution in [0.15, 0.2) is 42.9 Å². The molecular weight excluding hydrogens is 222 g/mol. The number of fused-ring (bicyclic) bond motifs is 1. The van der Waals surface area contributed by atoms with E-state index in [1.807, 2.05) is 18.3 Å². The predicted molar refractivity (Wildman–Crippen MR) is 72.2 cm³/mol. The Morgan fingerprint density at radius 2 is 1.89 bits per heavy atom. The van der Waals surface area contributed by atoms with Gasteiger partial charge in [0, 0.05) is 17.8 Å². The average Bonchev–Trinajstić information content (AvgIpc) is 2.38. The molecule has 18 heavy (non-hydrogen) atoms. The van der Waals surface area contributed by atoms with E-state index in [9.17, 15) is 0 Å². The average molecular weight is 235 g/mol. The van der Waals surface area contributed by atoms with Crippen molar-refractivity contribution in [2.24, 2.45) is 0 Å². The van der Waals surface area contributed by atoms with Gasteiger partial charge in [-0.3, -0.25) is 9.97 Å². The quantitative estimate of drug-likeness (QED) is 0.649. The molecule has 0 amide bonds. The maximum atomic E-state index is 4.66. The van der Waals surface area contributed by atoms with Gasteiger partial charge in [0.15, 0.2) is 0 Å². The van der Waals surface area contributed by atoms with Crippen LogP contribution in [0.25, 0.3) is 22.3 Å². The Hall–Kier alpha value is -2.29. The molecule has 88 valence electrons. The number of aromatic nitrogens is 3. The normalized spacial score (nSPS) is 10.8. The largest absolute Gasteiger partial charge is 0.262 e. The number of nitrogens with zero attached hydrogens (tertiary/aromatic N) is 3. The number of rotatable bonds is 1. The van der Waals surface area contributed by atoms with Crippen molar-refractivity contribution in [1.82, 2.24) is 15.0 Å². The Bertz CT molecular complexity index is 720. The van der Waals surface area contributed by atoms with Crippen LogP contribution >= 0.6 is 0 Å². The van der Waals surface area contributed by atoms with Crippen LogP contribution in [0, 0.1) is 13.8 Å². The van der Waals surface area contributed by atoms with Crippen LogP contribution in [0.4, 0.5) is 0 Å². The Morgan fingerprint density at radius 1 is 1.00 bits per heavy atom. The fourth-order valence-electron chi connectivity index (χ4n) is 2.05. The van der Waals surface area contributed by atoms with Gasteiger partial charge in [0.05, 0.1) is 23.1 Å². The zero-order chi connectivity index (χ0) is 12.5. The molecule has 0 saturated carbocycles. The predicted octanol–water partition coefficient (Wildman–Crippen LogP) is 3.31. The van der Waals surface area contributed by atoms with Gasteiger partial charge in [-0.15, -0.1) is 0 Å². The Morgan fingerprint density at radius 3 is 2.72 bits per heavy atom. The van der Waals surface area contributed by atoms with Crippen molar-refractivity contribution < 1.29 is 0 Å². The lowest BCUT2D eigenvalue weighted by Crippen LogP contribution is -1.93. The monoisotopic (exact) mass is 235 g/mol. The number of hydrogen-bond donors (Lipinski definition) is 0. The highest BCUT2D eigenvalue weighted by molar-refractivity contribution is 5.81. The van der Waals surface area contributed by atoms with Crippen molar-refractivity contribution in [1.29, 1.82) is 0 Å². The van der Waals surface area contributed by atoms with Crippen LogP contribution in [0.1, 0.15) is 11.1 Å². The van der Waals surface area contributed by atoms with Crippen molar-refractivity contribution in [2.45, 2.75) is 13.8 Å². The van der Waals surface area contributed by atoms with Gasteiger partial charge < -0.3 is 0 Å². The molecule has 3 heterocycles. The molecule has 3 heteroatoms. The van der Waals surface area contributed by atoms with Crippen molar-refractivity contribution in [3.8, 4) is 11.4 Å². The molecule has 3 aromatic rings. The summed E-state index contributed by atoms with van der Waals surface area (Å²) in [4.78, 5) is 13.2. The SMILES string of the molecule is Cc1ccnc(-c2nc3cnccc3cc2C)c1. The molecule has 0 spiro atoms. The third-order valence-electron chi connectivity index (χ3n) is 2.97. The van der Waals surface area contributed by atoms with Gasteiger partial charge in [-0.25, -0.2) is 4.98 Å². The topological polar surface area (TPSA) is 38.7 Å². The third-order valence-corrected chi connectivity index (χ3v) is 2.97. The third kappa shape index (κ3) is 1.84. The first-order valence-corrected chi connectivity index (χ1v) is 5.88. The van der Waals surface area contributed by atoms with Gasteiger partial charge in [-0.05, 0) is 49.2 Å². The van der Waals surface area contributed by atoms with Gasteiger partial charge in [-0.2, -0.15) is 0 Å². The van der Waals surface area contributed by atoms with Crippen LogP contribution in [0.3, 0.4) is 0 Å². The van der Waals surface area contributed by atoms with Gasteiger partial charge in [-0.1, -0.05) is 0 Å². The van der Waals surface area contributed by atoms with Crippen LogP contribution in [-0.2, 0) is 0 Å². The van der Waals surface area contributed by atoms with Crippen LogP contribution in [-0.4, -0.2) is 15.0 Å². The smallest absolute Gasteiger partial charge is 0.0923 e. The summed E-state index contributed by atoms with van der Waals surface area (Å²) in [5.41, 5.74) is 5.07. The highest BCUT2D eigenvalue weighted by atomic mass is 14.8. The number of hydrogen-bond acceptors (Lipinski definition) is 3. The van der Waals surface area contributed by atoms with E-state index in [1.165, 1.54) is 5.56 Å². The molecule has 3 aromatic heterocycles. The van der Waals surface area contributed by atoms with E-state index in [0.717, 1.165) is 27.9 Å². The summed E-state index contributed by atoms with van der Waals surface area (Å²) >= 11 is 0. The molecule has 0 fully saturated rings. The van der Waals surface area contributed by atoms with Gasteiger partial charge in [0.1, 0.15) is 0 Å². The molecule has 0 atom stereocenters.